The minimum atomic E-state index is 0.0702. The van der Waals surface area contributed by atoms with Crippen LogP contribution in [0, 0.1) is 23.7 Å². The quantitative estimate of drug-likeness (QED) is 0.528. The van der Waals surface area contributed by atoms with Crippen molar-refractivity contribution in [2.75, 3.05) is 12.8 Å². The number of aryl methyl sites for hydroxylation is 1. The normalized spacial score (nSPS) is 34.3. The lowest BCUT2D eigenvalue weighted by molar-refractivity contribution is -0.118. The third kappa shape index (κ3) is 3.12. The van der Waals surface area contributed by atoms with Crippen LogP contribution in [0.25, 0.3) is 10.2 Å². The summed E-state index contributed by atoms with van der Waals surface area (Å²) in [4.78, 5) is 25.3. The predicted molar refractivity (Wildman–Crippen MR) is 123 cm³/mol. The zero-order valence-corrected chi connectivity index (χ0v) is 19.6. The van der Waals surface area contributed by atoms with Crippen LogP contribution in [-0.4, -0.2) is 28.7 Å². The van der Waals surface area contributed by atoms with Crippen LogP contribution in [0.2, 0.25) is 0 Å². The van der Waals surface area contributed by atoms with Crippen LogP contribution in [0.15, 0.2) is 5.03 Å². The van der Waals surface area contributed by atoms with Crippen LogP contribution >= 0.6 is 23.1 Å². The fraction of sp³-hybridized carbons (Fsp3) is 0.708. The van der Waals surface area contributed by atoms with Gasteiger partial charge in [-0.05, 0) is 87.0 Å². The molecule has 7 rings (SSSR count). The maximum Gasteiger partial charge on any atom is 0.230 e. The Morgan fingerprint density at radius 1 is 1.17 bits per heavy atom. The number of hydrogen-bond acceptors (Lipinski definition) is 5. The Kier molecular flexibility index (Phi) is 4.68. The number of thiophene rings is 1. The molecular formula is C24H31N3OS2. The third-order valence-corrected chi connectivity index (χ3v) is 10.4. The average molecular weight is 442 g/mol. The largest absolute Gasteiger partial charge is 0.358 e. The molecule has 4 saturated carbocycles. The second kappa shape index (κ2) is 7.19. The molecular weight excluding hydrogens is 410 g/mol. The van der Waals surface area contributed by atoms with Gasteiger partial charge in [-0.2, -0.15) is 0 Å². The number of hydrogen-bond donors (Lipinski definition) is 1. The van der Waals surface area contributed by atoms with Crippen molar-refractivity contribution in [1.82, 2.24) is 15.3 Å². The first-order chi connectivity index (χ1) is 14.5. The molecule has 0 aliphatic heterocycles. The zero-order valence-electron chi connectivity index (χ0n) is 18.0. The highest BCUT2D eigenvalue weighted by Crippen LogP contribution is 2.60. The van der Waals surface area contributed by atoms with Crippen molar-refractivity contribution in [2.24, 2.45) is 23.7 Å². The summed E-state index contributed by atoms with van der Waals surface area (Å²) < 4.78 is 0. The maximum atomic E-state index is 12.0. The van der Waals surface area contributed by atoms with Gasteiger partial charge < -0.3 is 5.32 Å². The molecule has 30 heavy (non-hydrogen) atoms. The lowest BCUT2D eigenvalue weighted by Gasteiger charge is -2.56. The highest BCUT2D eigenvalue weighted by molar-refractivity contribution is 8.00. The first-order valence-electron chi connectivity index (χ1n) is 11.7. The van der Waals surface area contributed by atoms with E-state index in [2.05, 4.69) is 12.2 Å². The molecule has 4 nitrogen and oxygen atoms in total. The van der Waals surface area contributed by atoms with E-state index in [1.54, 1.807) is 18.8 Å². The van der Waals surface area contributed by atoms with E-state index in [0.29, 0.717) is 5.75 Å². The first kappa shape index (κ1) is 19.5. The molecule has 0 spiro atoms. The van der Waals surface area contributed by atoms with Crippen molar-refractivity contribution in [3.63, 3.8) is 0 Å². The summed E-state index contributed by atoms with van der Waals surface area (Å²) in [7, 11) is 1.72. The number of carbonyl (C=O) groups excluding carboxylic acids is 1. The Labute approximate surface area is 187 Å². The Morgan fingerprint density at radius 3 is 2.53 bits per heavy atom. The van der Waals surface area contributed by atoms with Crippen LogP contribution in [0.5, 0.6) is 0 Å². The van der Waals surface area contributed by atoms with E-state index in [9.17, 15) is 4.79 Å². The van der Waals surface area contributed by atoms with E-state index in [1.807, 2.05) is 11.3 Å². The highest BCUT2D eigenvalue weighted by atomic mass is 32.2. The smallest absolute Gasteiger partial charge is 0.230 e. The summed E-state index contributed by atoms with van der Waals surface area (Å²) in [6.45, 7) is 2.36. The van der Waals surface area contributed by atoms with E-state index in [0.717, 1.165) is 40.9 Å². The van der Waals surface area contributed by atoms with Crippen LogP contribution in [0.4, 0.5) is 0 Å². The maximum absolute atomic E-state index is 12.0. The Bertz CT molecular complexity index is 978. The molecule has 0 radical (unpaired) electrons. The number of amides is 1. The third-order valence-electron chi connectivity index (χ3n) is 8.25. The van der Waals surface area contributed by atoms with Crippen molar-refractivity contribution < 1.29 is 4.79 Å². The lowest BCUT2D eigenvalue weighted by Crippen LogP contribution is -2.49. The number of rotatable bonds is 4. The van der Waals surface area contributed by atoms with Gasteiger partial charge in [0, 0.05) is 22.7 Å². The molecule has 2 aromatic rings. The van der Waals surface area contributed by atoms with Gasteiger partial charge in [0.25, 0.3) is 0 Å². The summed E-state index contributed by atoms with van der Waals surface area (Å²) in [6, 6.07) is 0. The van der Waals surface area contributed by atoms with E-state index >= 15 is 0 Å². The van der Waals surface area contributed by atoms with E-state index in [-0.39, 0.29) is 11.3 Å². The lowest BCUT2D eigenvalue weighted by atomic mass is 9.49. The molecule has 0 aromatic carbocycles. The van der Waals surface area contributed by atoms with Crippen molar-refractivity contribution in [3.05, 3.63) is 16.3 Å². The minimum absolute atomic E-state index is 0.0702. The number of thioether (sulfide) groups is 1. The molecule has 5 aliphatic carbocycles. The van der Waals surface area contributed by atoms with Gasteiger partial charge >= 0.3 is 0 Å². The zero-order chi connectivity index (χ0) is 20.5. The Hall–Kier alpha value is -1.14. The van der Waals surface area contributed by atoms with Gasteiger partial charge in [0.2, 0.25) is 5.91 Å². The molecule has 5 aliphatic rings. The second-order valence-electron chi connectivity index (χ2n) is 10.5. The molecule has 2 heterocycles. The number of aromatic nitrogens is 2. The van der Waals surface area contributed by atoms with Crippen LogP contribution in [0.1, 0.15) is 68.1 Å². The fourth-order valence-electron chi connectivity index (χ4n) is 7.24. The van der Waals surface area contributed by atoms with Gasteiger partial charge in [0.1, 0.15) is 15.7 Å². The molecule has 1 amide bonds. The molecule has 2 aromatic heterocycles. The molecule has 0 unspecified atom stereocenters. The second-order valence-corrected chi connectivity index (χ2v) is 12.6. The number of nitrogens with zero attached hydrogens (tertiary/aromatic N) is 2. The highest BCUT2D eigenvalue weighted by Gasteiger charge is 2.53. The predicted octanol–water partition coefficient (Wildman–Crippen LogP) is 5.12. The van der Waals surface area contributed by atoms with Crippen LogP contribution in [0.3, 0.4) is 0 Å². The molecule has 1 atom stereocenters. The van der Waals surface area contributed by atoms with Crippen molar-refractivity contribution in [1.29, 1.82) is 0 Å². The first-order valence-corrected chi connectivity index (χ1v) is 13.5. The summed E-state index contributed by atoms with van der Waals surface area (Å²) in [5.41, 5.74) is 1.67. The topological polar surface area (TPSA) is 54.9 Å². The van der Waals surface area contributed by atoms with Crippen LogP contribution in [-0.2, 0) is 23.1 Å². The SMILES string of the molecule is CNC(=O)CSc1nc(C23CC4CC(CC(C4)C2)C3)nc2sc3c(c12)CC[C@@H](C)C3. The van der Waals surface area contributed by atoms with Gasteiger partial charge in [-0.15, -0.1) is 11.3 Å². The van der Waals surface area contributed by atoms with Gasteiger partial charge in [-0.1, -0.05) is 18.7 Å². The van der Waals surface area contributed by atoms with E-state index in [4.69, 9.17) is 9.97 Å². The number of carbonyl (C=O) groups is 1. The Morgan fingerprint density at radius 2 is 1.87 bits per heavy atom. The molecule has 4 fully saturated rings. The Balaban J connectivity index is 1.46. The molecule has 160 valence electrons. The molecule has 1 N–H and O–H groups in total. The summed E-state index contributed by atoms with van der Waals surface area (Å²) in [6.07, 6.45) is 11.7. The van der Waals surface area contributed by atoms with E-state index in [1.165, 1.54) is 72.0 Å². The average Bonchev–Trinajstić information content (AvgIpc) is 3.08. The molecule has 0 saturated heterocycles. The standard InChI is InChI=1S/C24H31N3OS2/c1-13-3-4-17-18(5-13)30-22-20(17)21(29-12-19(28)25-2)26-23(27-22)24-9-14-6-15(10-24)8-16(7-14)11-24/h13-16H,3-12H2,1-2H3,(H,25,28)/t13-,14?,15?,16?,24?/m1/s1. The van der Waals surface area contributed by atoms with Crippen molar-refractivity contribution in [2.45, 2.75) is 75.2 Å². The van der Waals surface area contributed by atoms with E-state index < -0.39 is 0 Å². The number of fused-ring (bicyclic) bond motifs is 3. The van der Waals surface area contributed by atoms with Gasteiger partial charge in [-0.3, -0.25) is 4.79 Å². The summed E-state index contributed by atoms with van der Waals surface area (Å²) in [5, 5.41) is 5.11. The monoisotopic (exact) mass is 441 g/mol. The van der Waals surface area contributed by atoms with Gasteiger partial charge in [-0.25, -0.2) is 9.97 Å². The van der Waals surface area contributed by atoms with Crippen molar-refractivity contribution in [3.8, 4) is 0 Å². The molecule has 4 bridgehead atoms. The van der Waals surface area contributed by atoms with Gasteiger partial charge in [0.05, 0.1) is 5.75 Å². The summed E-state index contributed by atoms with van der Waals surface area (Å²) in [5.74, 6) is 5.02. The van der Waals surface area contributed by atoms with Crippen LogP contribution < -0.4 is 5.32 Å². The van der Waals surface area contributed by atoms with Crippen molar-refractivity contribution >= 4 is 39.2 Å². The van der Waals surface area contributed by atoms with Gasteiger partial charge in [0.15, 0.2) is 0 Å². The summed E-state index contributed by atoms with van der Waals surface area (Å²) >= 11 is 3.53. The minimum Gasteiger partial charge on any atom is -0.358 e. The molecule has 6 heteroatoms. The fourth-order valence-corrected chi connectivity index (χ4v) is 9.62. The number of nitrogens with one attached hydrogen (secondary N) is 1.